The van der Waals surface area contributed by atoms with Crippen molar-refractivity contribution in [1.82, 2.24) is 24.7 Å². The van der Waals surface area contributed by atoms with Crippen molar-refractivity contribution in [3.05, 3.63) is 48.2 Å². The van der Waals surface area contributed by atoms with E-state index in [0.717, 1.165) is 24.7 Å². The van der Waals surface area contributed by atoms with Gasteiger partial charge in [0.2, 0.25) is 11.8 Å². The first-order valence-corrected chi connectivity index (χ1v) is 8.95. The Kier molecular flexibility index (Phi) is 4.28. The van der Waals surface area contributed by atoms with E-state index in [-0.39, 0.29) is 0 Å². The van der Waals surface area contributed by atoms with Gasteiger partial charge in [-0.1, -0.05) is 30.3 Å². The molecule has 2 heterocycles. The van der Waals surface area contributed by atoms with Gasteiger partial charge in [-0.05, 0) is 25.0 Å². The van der Waals surface area contributed by atoms with E-state index in [1.165, 1.54) is 5.56 Å². The van der Waals surface area contributed by atoms with Crippen LogP contribution in [0.1, 0.15) is 24.8 Å². The second-order valence-electron chi connectivity index (χ2n) is 6.51. The van der Waals surface area contributed by atoms with E-state index < -0.39 is 0 Å². The molecule has 0 bridgehead atoms. The van der Waals surface area contributed by atoms with Gasteiger partial charge in [-0.3, -0.25) is 4.57 Å². The standard InChI is InChI=1S/C19H23N7/c1-4-26-18(17-21-11-10-16(20-2)22-17)23-24-19(26)25(3)15-12-14(15)13-8-6-5-7-9-13/h5-11,14-15H,4,12H2,1-3H3,(H,20,21,22)/t14-,15+/m0/s1. The zero-order chi connectivity index (χ0) is 18.1. The molecule has 26 heavy (non-hydrogen) atoms. The van der Waals surface area contributed by atoms with Gasteiger partial charge < -0.3 is 10.2 Å². The SMILES string of the molecule is CCn1c(-c2nccc(NC)n2)nnc1N(C)[C@@H]1C[C@H]1c1ccccc1. The molecule has 134 valence electrons. The lowest BCUT2D eigenvalue weighted by Gasteiger charge is -2.19. The summed E-state index contributed by atoms with van der Waals surface area (Å²) in [5, 5.41) is 11.9. The lowest BCUT2D eigenvalue weighted by molar-refractivity contribution is 0.720. The average molecular weight is 349 g/mol. The molecule has 1 aliphatic rings. The second kappa shape index (κ2) is 6.74. The smallest absolute Gasteiger partial charge is 0.227 e. The predicted octanol–water partition coefficient (Wildman–Crippen LogP) is 2.79. The van der Waals surface area contributed by atoms with E-state index in [1.54, 1.807) is 6.20 Å². The third kappa shape index (κ3) is 2.89. The number of benzene rings is 1. The van der Waals surface area contributed by atoms with Gasteiger partial charge in [-0.2, -0.15) is 0 Å². The third-order valence-corrected chi connectivity index (χ3v) is 4.96. The summed E-state index contributed by atoms with van der Waals surface area (Å²) in [7, 11) is 3.94. The summed E-state index contributed by atoms with van der Waals surface area (Å²) in [4.78, 5) is 11.1. The molecule has 0 spiro atoms. The second-order valence-corrected chi connectivity index (χ2v) is 6.51. The van der Waals surface area contributed by atoms with Crippen molar-refractivity contribution in [2.75, 3.05) is 24.3 Å². The molecule has 2 atom stereocenters. The summed E-state index contributed by atoms with van der Waals surface area (Å²) in [5.41, 5.74) is 1.39. The molecule has 4 rings (SSSR count). The minimum absolute atomic E-state index is 0.448. The normalized spacial score (nSPS) is 18.6. The first-order chi connectivity index (χ1) is 12.7. The topological polar surface area (TPSA) is 71.8 Å². The van der Waals surface area contributed by atoms with Crippen molar-refractivity contribution in [1.29, 1.82) is 0 Å². The van der Waals surface area contributed by atoms with Crippen LogP contribution in [0.4, 0.5) is 11.8 Å². The number of hydrogen-bond donors (Lipinski definition) is 1. The molecule has 1 aromatic carbocycles. The van der Waals surface area contributed by atoms with E-state index in [4.69, 9.17) is 0 Å². The summed E-state index contributed by atoms with van der Waals surface area (Å²) in [6, 6.07) is 12.9. The van der Waals surface area contributed by atoms with Gasteiger partial charge in [0.25, 0.3) is 0 Å². The van der Waals surface area contributed by atoms with Gasteiger partial charge in [0.1, 0.15) is 5.82 Å². The Morgan fingerprint density at radius 2 is 2.00 bits per heavy atom. The summed E-state index contributed by atoms with van der Waals surface area (Å²) in [6.45, 7) is 2.85. The Balaban J connectivity index is 1.61. The molecular formula is C19H23N7. The highest BCUT2D eigenvalue weighted by Crippen LogP contribution is 2.45. The lowest BCUT2D eigenvalue weighted by atomic mass is 10.1. The van der Waals surface area contributed by atoms with Crippen molar-refractivity contribution in [2.24, 2.45) is 0 Å². The van der Waals surface area contributed by atoms with Crippen LogP contribution in [0.5, 0.6) is 0 Å². The number of rotatable bonds is 6. The molecule has 0 radical (unpaired) electrons. The van der Waals surface area contributed by atoms with Crippen LogP contribution >= 0.6 is 0 Å². The van der Waals surface area contributed by atoms with Crippen LogP contribution in [0.25, 0.3) is 11.6 Å². The van der Waals surface area contributed by atoms with Gasteiger partial charge in [0, 0.05) is 38.8 Å². The third-order valence-electron chi connectivity index (χ3n) is 4.96. The highest BCUT2D eigenvalue weighted by Gasteiger charge is 2.43. The zero-order valence-corrected chi connectivity index (χ0v) is 15.3. The molecule has 0 unspecified atom stereocenters. The molecule has 0 saturated heterocycles. The number of hydrogen-bond acceptors (Lipinski definition) is 6. The van der Waals surface area contributed by atoms with Crippen LogP contribution in [0.15, 0.2) is 42.6 Å². The first kappa shape index (κ1) is 16.5. The molecule has 0 aliphatic heterocycles. The van der Waals surface area contributed by atoms with Crippen molar-refractivity contribution in [3.63, 3.8) is 0 Å². The molecule has 1 aliphatic carbocycles. The molecule has 2 aromatic heterocycles. The molecule has 7 nitrogen and oxygen atoms in total. The van der Waals surface area contributed by atoms with Gasteiger partial charge in [-0.25, -0.2) is 9.97 Å². The Morgan fingerprint density at radius 3 is 2.73 bits per heavy atom. The van der Waals surface area contributed by atoms with E-state index in [2.05, 4.69) is 79.3 Å². The minimum atomic E-state index is 0.448. The highest BCUT2D eigenvalue weighted by molar-refractivity contribution is 5.52. The molecule has 1 saturated carbocycles. The van der Waals surface area contributed by atoms with Crippen LogP contribution < -0.4 is 10.2 Å². The first-order valence-electron chi connectivity index (χ1n) is 8.95. The largest absolute Gasteiger partial charge is 0.373 e. The van der Waals surface area contributed by atoms with E-state index in [1.807, 2.05) is 13.1 Å². The van der Waals surface area contributed by atoms with Crippen molar-refractivity contribution < 1.29 is 0 Å². The number of aromatic nitrogens is 5. The Labute approximate surface area is 153 Å². The number of nitrogens with zero attached hydrogens (tertiary/aromatic N) is 6. The molecule has 0 amide bonds. The van der Waals surface area contributed by atoms with Crippen molar-refractivity contribution in [2.45, 2.75) is 31.8 Å². The van der Waals surface area contributed by atoms with E-state index >= 15 is 0 Å². The average Bonchev–Trinajstić information content (AvgIpc) is 3.39. The quantitative estimate of drug-likeness (QED) is 0.738. The fourth-order valence-electron chi connectivity index (χ4n) is 3.43. The molecule has 7 heteroatoms. The van der Waals surface area contributed by atoms with Gasteiger partial charge in [-0.15, -0.1) is 10.2 Å². The molecule has 1 fully saturated rings. The number of likely N-dealkylation sites (N-methyl/N-ethyl adjacent to an activating group) is 1. The van der Waals surface area contributed by atoms with Crippen LogP contribution in [-0.2, 0) is 6.54 Å². The van der Waals surface area contributed by atoms with Gasteiger partial charge in [0.05, 0.1) is 0 Å². The summed E-state index contributed by atoms with van der Waals surface area (Å²) >= 11 is 0. The molecule has 1 N–H and O–H groups in total. The van der Waals surface area contributed by atoms with Crippen LogP contribution in [0.2, 0.25) is 0 Å². The fraction of sp³-hybridized carbons (Fsp3) is 0.368. The lowest BCUT2D eigenvalue weighted by Crippen LogP contribution is -2.25. The summed E-state index contributed by atoms with van der Waals surface area (Å²) in [5.74, 6) is 3.46. The highest BCUT2D eigenvalue weighted by atomic mass is 15.4. The maximum Gasteiger partial charge on any atom is 0.227 e. The van der Waals surface area contributed by atoms with E-state index in [0.29, 0.717) is 23.6 Å². The monoisotopic (exact) mass is 349 g/mol. The maximum absolute atomic E-state index is 4.50. The van der Waals surface area contributed by atoms with Gasteiger partial charge >= 0.3 is 0 Å². The van der Waals surface area contributed by atoms with Gasteiger partial charge in [0.15, 0.2) is 5.82 Å². The summed E-state index contributed by atoms with van der Waals surface area (Å²) < 4.78 is 2.08. The van der Waals surface area contributed by atoms with Crippen molar-refractivity contribution >= 4 is 11.8 Å². The number of nitrogens with one attached hydrogen (secondary N) is 1. The van der Waals surface area contributed by atoms with Crippen LogP contribution in [0.3, 0.4) is 0 Å². The Bertz CT molecular complexity index is 890. The van der Waals surface area contributed by atoms with Crippen molar-refractivity contribution in [3.8, 4) is 11.6 Å². The summed E-state index contributed by atoms with van der Waals surface area (Å²) in [6.07, 6.45) is 2.87. The zero-order valence-electron chi connectivity index (χ0n) is 15.3. The minimum Gasteiger partial charge on any atom is -0.373 e. The van der Waals surface area contributed by atoms with Crippen LogP contribution in [0, 0.1) is 0 Å². The molecule has 3 aromatic rings. The molecular weight excluding hydrogens is 326 g/mol. The Morgan fingerprint density at radius 1 is 1.19 bits per heavy atom. The van der Waals surface area contributed by atoms with Crippen LogP contribution in [-0.4, -0.2) is 44.9 Å². The predicted molar refractivity (Wildman–Crippen MR) is 102 cm³/mol. The Hall–Kier alpha value is -2.96. The van der Waals surface area contributed by atoms with E-state index in [9.17, 15) is 0 Å². The number of anilines is 2. The maximum atomic E-state index is 4.50. The fourth-order valence-corrected chi connectivity index (χ4v) is 3.43.